The van der Waals surface area contributed by atoms with Crippen molar-refractivity contribution in [3.63, 3.8) is 0 Å². The summed E-state index contributed by atoms with van der Waals surface area (Å²) < 4.78 is 28.7. The maximum absolute atomic E-state index is 14.2. The van der Waals surface area contributed by atoms with Crippen LogP contribution >= 0.6 is 0 Å². The van der Waals surface area contributed by atoms with Crippen molar-refractivity contribution in [3.05, 3.63) is 60.4 Å². The van der Waals surface area contributed by atoms with Gasteiger partial charge in [-0.25, -0.2) is 14.8 Å². The number of aromatic amines is 2. The van der Waals surface area contributed by atoms with E-state index < -0.39 is 18.2 Å². The van der Waals surface area contributed by atoms with E-state index in [-0.39, 0.29) is 48.0 Å². The van der Waals surface area contributed by atoms with Crippen molar-refractivity contribution in [1.29, 1.82) is 0 Å². The zero-order valence-electron chi connectivity index (χ0n) is 35.1. The van der Waals surface area contributed by atoms with E-state index in [9.17, 15) is 14.4 Å². The zero-order valence-corrected chi connectivity index (χ0v) is 35.1. The maximum atomic E-state index is 14.2. The van der Waals surface area contributed by atoms with Crippen LogP contribution in [-0.4, -0.2) is 99.3 Å². The van der Waals surface area contributed by atoms with E-state index >= 15 is 0 Å². The van der Waals surface area contributed by atoms with E-state index in [4.69, 9.17) is 33.7 Å². The van der Waals surface area contributed by atoms with Crippen molar-refractivity contribution in [3.8, 4) is 45.5 Å². The van der Waals surface area contributed by atoms with Gasteiger partial charge in [0.25, 0.3) is 0 Å². The Kier molecular flexibility index (Phi) is 10.8. The Balaban J connectivity index is 0.913. The molecule has 3 aliphatic heterocycles. The fourth-order valence-corrected chi connectivity index (χ4v) is 10.4. The lowest BCUT2D eigenvalue weighted by Gasteiger charge is -2.34. The minimum atomic E-state index is -0.911. The number of fused-ring (bicyclic) bond motifs is 4. The van der Waals surface area contributed by atoms with Crippen LogP contribution in [0.5, 0.6) is 23.0 Å². The summed E-state index contributed by atoms with van der Waals surface area (Å²) in [6.07, 6.45) is 10.2. The molecule has 10 atom stereocenters. The Morgan fingerprint density at radius 2 is 1.20 bits per heavy atom. The van der Waals surface area contributed by atoms with E-state index in [1.54, 1.807) is 20.2 Å². The summed E-state index contributed by atoms with van der Waals surface area (Å²) in [6, 6.07) is 10.6. The van der Waals surface area contributed by atoms with Crippen LogP contribution in [0.15, 0.2) is 48.8 Å². The van der Waals surface area contributed by atoms with Crippen molar-refractivity contribution >= 4 is 17.9 Å². The summed E-state index contributed by atoms with van der Waals surface area (Å²) in [5, 5.41) is 2.70. The normalized spacial score (nSPS) is 25.9. The molecule has 3 amide bonds. The number of ether oxygens (including phenoxy) is 5. The number of nitrogens with one attached hydrogen (secondary N) is 3. The minimum Gasteiger partial charge on any atom is -0.453 e. The first-order valence-electron chi connectivity index (χ1n) is 21.4. The lowest BCUT2D eigenvalue weighted by Crippen LogP contribution is -2.55. The first-order chi connectivity index (χ1) is 29.1. The lowest BCUT2D eigenvalue weighted by molar-refractivity contribution is -0.142. The second-order valence-corrected chi connectivity index (χ2v) is 17.2. The predicted octanol–water partition coefficient (Wildman–Crippen LogP) is 7.68. The van der Waals surface area contributed by atoms with Crippen LogP contribution in [0.3, 0.4) is 0 Å². The van der Waals surface area contributed by atoms with Crippen molar-refractivity contribution in [1.82, 2.24) is 35.1 Å². The molecule has 4 fully saturated rings. The fraction of sp³-hybridized carbons (Fsp3) is 0.533. The largest absolute Gasteiger partial charge is 0.453 e. The Morgan fingerprint density at radius 3 is 1.68 bits per heavy atom. The number of hydrogen-bond acceptors (Lipinski definition) is 10. The smallest absolute Gasteiger partial charge is 0.407 e. The van der Waals surface area contributed by atoms with Gasteiger partial charge in [0.1, 0.15) is 17.7 Å². The number of benzene rings is 2. The van der Waals surface area contributed by atoms with E-state index in [0.717, 1.165) is 79.7 Å². The number of H-pyrrole nitrogens is 2. The summed E-state index contributed by atoms with van der Waals surface area (Å²) in [7, 11) is 4.45. The van der Waals surface area contributed by atoms with Gasteiger partial charge in [0.05, 0.1) is 61.1 Å². The van der Waals surface area contributed by atoms with Gasteiger partial charge < -0.3 is 48.8 Å². The van der Waals surface area contributed by atoms with Crippen LogP contribution < -0.4 is 14.8 Å². The number of imidazole rings is 2. The second-order valence-electron chi connectivity index (χ2n) is 17.2. The highest BCUT2D eigenvalue weighted by molar-refractivity contribution is 5.87. The number of carbonyl (C=O) groups excluding carboxylic acids is 3. The number of methoxy groups -OCH3 is 3. The molecule has 5 heterocycles. The number of carbonyl (C=O) groups is 3. The van der Waals surface area contributed by atoms with Crippen LogP contribution in [0.4, 0.5) is 4.79 Å². The molecule has 2 aliphatic carbocycles. The van der Waals surface area contributed by atoms with Crippen LogP contribution in [0.25, 0.3) is 22.5 Å². The summed E-state index contributed by atoms with van der Waals surface area (Å²) in [5.74, 6) is 4.31. The molecule has 5 aliphatic rings. The van der Waals surface area contributed by atoms with Gasteiger partial charge in [0.2, 0.25) is 11.8 Å². The molecule has 318 valence electrons. The number of nitrogens with zero attached hydrogens (tertiary/aromatic N) is 4. The molecule has 60 heavy (non-hydrogen) atoms. The second kappa shape index (κ2) is 16.2. The Morgan fingerprint density at radius 1 is 0.700 bits per heavy atom. The molecule has 2 saturated heterocycles. The number of rotatable bonds is 11. The van der Waals surface area contributed by atoms with Crippen LogP contribution in [0.2, 0.25) is 0 Å². The van der Waals surface area contributed by atoms with Crippen molar-refractivity contribution in [2.24, 2.45) is 17.8 Å². The third-order valence-corrected chi connectivity index (χ3v) is 14.0. The van der Waals surface area contributed by atoms with Gasteiger partial charge in [-0.3, -0.25) is 9.59 Å². The molecule has 15 nitrogen and oxygen atoms in total. The quantitative estimate of drug-likeness (QED) is 0.120. The van der Waals surface area contributed by atoms with E-state index in [1.807, 2.05) is 61.3 Å². The lowest BCUT2D eigenvalue weighted by atomic mass is 10.0. The van der Waals surface area contributed by atoms with Crippen LogP contribution in [0.1, 0.15) is 95.9 Å². The molecule has 0 spiro atoms. The standard InChI is InChI=1S/C45H55N7O8/c1-23(24(2)56-4)43(53)51-32-11-7-9-28(32)17-34(51)41-46-21-30(48-41)26-13-15-36-38(19-26)59-37-16-14-27(20-39(37)60-36)31-22-47-42(49-31)35-18-29-10-8-12-33(29)52(35)44(54)40(25(3)57-5)50-45(55)58-6/h13-16,19-25,28-29,32-35,40H,7-12,17-18H2,1-6H3,(H,46,48)(H,47,49)(H,50,55)/t23-,24+,25+,28-,29-,32-,33-,34?,35-,40-/m0/s1. The molecule has 1 unspecified atom stereocenters. The Labute approximate surface area is 349 Å². The van der Waals surface area contributed by atoms with Crippen LogP contribution in [-0.2, 0) is 23.8 Å². The molecule has 3 N–H and O–H groups in total. The van der Waals surface area contributed by atoms with Gasteiger partial charge in [-0.05, 0) is 101 Å². The SMILES string of the molecule is COC(=O)N[C@H](C(=O)N1[C@H](c2ncc(-c3ccc4c(c3)Oc3ccc(-c5cnc(C6C[C@@H]7CCC[C@@H]7N6C(=O)[C@@H](C)[C@@H](C)OC)[nH]5)cc3O4)[nH]2)C[C@@H]2CCC[C@@H]21)[C@@H](C)OC. The highest BCUT2D eigenvalue weighted by Crippen LogP contribution is 2.51. The Hall–Kier alpha value is -5.41. The molecule has 9 rings (SSSR count). The average molecular weight is 822 g/mol. The number of alkyl carbamates (subject to hydrolysis) is 1. The average Bonchev–Trinajstić information content (AvgIpc) is 4.12. The van der Waals surface area contributed by atoms with Gasteiger partial charge in [0, 0.05) is 37.4 Å². The third kappa shape index (κ3) is 7.08. The van der Waals surface area contributed by atoms with E-state index in [0.29, 0.717) is 40.7 Å². The first-order valence-corrected chi connectivity index (χ1v) is 21.4. The topological polar surface area (TPSA) is 173 Å². The predicted molar refractivity (Wildman–Crippen MR) is 220 cm³/mol. The summed E-state index contributed by atoms with van der Waals surface area (Å²) in [5.41, 5.74) is 3.36. The monoisotopic (exact) mass is 821 g/mol. The minimum absolute atomic E-state index is 0.0551. The number of aromatic nitrogens is 4. The molecule has 2 aromatic heterocycles. The van der Waals surface area contributed by atoms with Gasteiger partial charge in [-0.1, -0.05) is 19.8 Å². The highest BCUT2D eigenvalue weighted by Gasteiger charge is 2.51. The number of likely N-dealkylation sites (tertiary alicyclic amines) is 2. The van der Waals surface area contributed by atoms with Crippen molar-refractivity contribution in [2.75, 3.05) is 21.3 Å². The first kappa shape index (κ1) is 40.0. The molecule has 0 radical (unpaired) electrons. The number of hydrogen-bond donors (Lipinski definition) is 3. The van der Waals surface area contributed by atoms with Gasteiger partial charge in [0.15, 0.2) is 23.0 Å². The molecule has 15 heteroatoms. The van der Waals surface area contributed by atoms with Crippen molar-refractivity contribution < 1.29 is 38.1 Å². The Bertz CT molecular complexity index is 2260. The van der Waals surface area contributed by atoms with Crippen LogP contribution in [0, 0.1) is 17.8 Å². The third-order valence-electron chi connectivity index (χ3n) is 14.0. The highest BCUT2D eigenvalue weighted by atomic mass is 16.6. The molecular formula is C45H55N7O8. The van der Waals surface area contributed by atoms with Gasteiger partial charge in [-0.2, -0.15) is 0 Å². The summed E-state index contributed by atoms with van der Waals surface area (Å²) >= 11 is 0. The fourth-order valence-electron chi connectivity index (χ4n) is 10.4. The summed E-state index contributed by atoms with van der Waals surface area (Å²) in [6.45, 7) is 5.67. The molecule has 0 bridgehead atoms. The summed E-state index contributed by atoms with van der Waals surface area (Å²) in [4.78, 5) is 61.0. The molecule has 2 saturated carbocycles. The van der Waals surface area contributed by atoms with Gasteiger partial charge >= 0.3 is 6.09 Å². The molecule has 2 aromatic carbocycles. The maximum Gasteiger partial charge on any atom is 0.407 e. The molecule has 4 aromatic rings. The van der Waals surface area contributed by atoms with Gasteiger partial charge in [-0.15, -0.1) is 0 Å². The van der Waals surface area contributed by atoms with Crippen molar-refractivity contribution in [2.45, 2.75) is 115 Å². The molecular weight excluding hydrogens is 767 g/mol. The number of amides is 3. The van der Waals surface area contributed by atoms with E-state index in [1.165, 1.54) is 14.2 Å². The zero-order chi connectivity index (χ0) is 41.8. The van der Waals surface area contributed by atoms with E-state index in [2.05, 4.69) is 20.2 Å².